The van der Waals surface area contributed by atoms with Crippen LogP contribution < -0.4 is 15.5 Å². The zero-order chi connectivity index (χ0) is 18.7. The molecule has 0 unspecified atom stereocenters. The molecule has 1 aliphatic heterocycles. The molecule has 0 radical (unpaired) electrons. The lowest BCUT2D eigenvalue weighted by Crippen LogP contribution is -2.51. The normalized spacial score (nSPS) is 18.5. The average Bonchev–Trinajstić information content (AvgIpc) is 2.85. The minimum Gasteiger partial charge on any atom is -0.484 e. The second-order valence-corrected chi connectivity index (χ2v) is 6.29. The van der Waals surface area contributed by atoms with E-state index in [4.69, 9.17) is 4.74 Å². The summed E-state index contributed by atoms with van der Waals surface area (Å²) in [6, 6.07) is 4.56. The Morgan fingerprint density at radius 1 is 1.23 bits per heavy atom. The van der Waals surface area contributed by atoms with E-state index < -0.39 is 34.9 Å². The molecule has 26 heavy (non-hydrogen) atoms. The summed E-state index contributed by atoms with van der Waals surface area (Å²) in [6.45, 7) is -0.443. The highest BCUT2D eigenvalue weighted by Gasteiger charge is 2.52. The minimum absolute atomic E-state index is 0.0982. The molecule has 1 aromatic rings. The first-order valence-electron chi connectivity index (χ1n) is 8.25. The molecule has 0 bridgehead atoms. The first-order valence-corrected chi connectivity index (χ1v) is 8.25. The number of nitrogens with zero attached hydrogens (tertiary/aromatic N) is 2. The van der Waals surface area contributed by atoms with E-state index in [9.17, 15) is 24.5 Å². The van der Waals surface area contributed by atoms with Crippen molar-refractivity contribution in [3.8, 4) is 5.75 Å². The highest BCUT2D eigenvalue weighted by molar-refractivity contribution is 6.08. The topological polar surface area (TPSA) is 131 Å². The van der Waals surface area contributed by atoms with Gasteiger partial charge in [0.25, 0.3) is 17.5 Å². The van der Waals surface area contributed by atoms with Crippen molar-refractivity contribution in [3.05, 3.63) is 34.4 Å². The highest BCUT2D eigenvalue weighted by atomic mass is 16.6. The zero-order valence-electron chi connectivity index (χ0n) is 13.9. The molecule has 1 saturated carbocycles. The Morgan fingerprint density at radius 2 is 1.88 bits per heavy atom. The van der Waals surface area contributed by atoms with E-state index in [-0.39, 0.29) is 11.4 Å². The molecule has 0 atom stereocenters. The fourth-order valence-electron chi connectivity index (χ4n) is 3.19. The molecule has 2 fully saturated rings. The SMILES string of the molecule is O=C(COc1ccc([N+](=O)[O-])cc1)NN1C(=O)NC2(CCCCC2)C1=O. The standard InChI is InChI=1S/C16H18N4O6/c21-13(10-26-12-6-4-11(5-7-12)20(24)25)18-19-14(22)16(17-15(19)23)8-2-1-3-9-16/h4-7H,1-3,8-10H2,(H,17,23)(H,18,21). The molecule has 2 N–H and O–H groups in total. The number of nitro groups is 1. The summed E-state index contributed by atoms with van der Waals surface area (Å²) < 4.78 is 5.22. The van der Waals surface area contributed by atoms with Crippen LogP contribution in [-0.4, -0.2) is 39.9 Å². The molecule has 1 spiro atoms. The van der Waals surface area contributed by atoms with E-state index in [1.165, 1.54) is 24.3 Å². The van der Waals surface area contributed by atoms with Gasteiger partial charge in [0.15, 0.2) is 6.61 Å². The van der Waals surface area contributed by atoms with Crippen LogP contribution in [0.25, 0.3) is 0 Å². The van der Waals surface area contributed by atoms with Crippen LogP contribution in [-0.2, 0) is 9.59 Å². The molecule has 3 rings (SSSR count). The van der Waals surface area contributed by atoms with E-state index >= 15 is 0 Å². The molecule has 0 aromatic heterocycles. The second kappa shape index (κ2) is 6.98. The number of amides is 4. The van der Waals surface area contributed by atoms with Crippen LogP contribution in [0.2, 0.25) is 0 Å². The van der Waals surface area contributed by atoms with E-state index in [2.05, 4.69) is 10.7 Å². The van der Waals surface area contributed by atoms with E-state index in [0.717, 1.165) is 19.3 Å². The molecular formula is C16H18N4O6. The maximum atomic E-state index is 12.5. The second-order valence-electron chi connectivity index (χ2n) is 6.29. The maximum Gasteiger partial charge on any atom is 0.344 e. The Morgan fingerprint density at radius 3 is 2.50 bits per heavy atom. The Balaban J connectivity index is 1.55. The van der Waals surface area contributed by atoms with Gasteiger partial charge in [0.2, 0.25) is 0 Å². The van der Waals surface area contributed by atoms with Gasteiger partial charge in [0.1, 0.15) is 11.3 Å². The minimum atomic E-state index is -0.915. The molecule has 4 amide bonds. The summed E-state index contributed by atoms with van der Waals surface area (Å²) in [6.07, 6.45) is 3.82. The summed E-state index contributed by atoms with van der Waals surface area (Å²) in [5.74, 6) is -0.878. The van der Waals surface area contributed by atoms with E-state index in [1.54, 1.807) is 0 Å². The zero-order valence-corrected chi connectivity index (χ0v) is 13.9. The molecular weight excluding hydrogens is 344 g/mol. The maximum absolute atomic E-state index is 12.5. The van der Waals surface area contributed by atoms with Gasteiger partial charge < -0.3 is 10.1 Å². The molecule has 1 aliphatic carbocycles. The average molecular weight is 362 g/mol. The van der Waals surface area contributed by atoms with E-state index in [0.29, 0.717) is 17.9 Å². The lowest BCUT2D eigenvalue weighted by atomic mass is 9.82. The van der Waals surface area contributed by atoms with E-state index in [1.807, 2.05) is 0 Å². The number of benzene rings is 1. The number of nitro benzene ring substituents is 1. The van der Waals surface area contributed by atoms with Crippen LogP contribution in [0.5, 0.6) is 5.75 Å². The van der Waals surface area contributed by atoms with Crippen LogP contribution in [0.1, 0.15) is 32.1 Å². The Bertz CT molecular complexity index is 742. The van der Waals surface area contributed by atoms with Gasteiger partial charge in [-0.15, -0.1) is 0 Å². The van der Waals surface area contributed by atoms with Crippen molar-refractivity contribution in [1.82, 2.24) is 15.8 Å². The fourth-order valence-corrected chi connectivity index (χ4v) is 3.19. The molecule has 10 nitrogen and oxygen atoms in total. The van der Waals surface area contributed by atoms with Gasteiger partial charge in [-0.2, -0.15) is 5.01 Å². The molecule has 10 heteroatoms. The van der Waals surface area contributed by atoms with Crippen LogP contribution in [0.15, 0.2) is 24.3 Å². The predicted molar refractivity (Wildman–Crippen MR) is 87.9 cm³/mol. The Kier molecular flexibility index (Phi) is 4.74. The van der Waals surface area contributed by atoms with Gasteiger partial charge in [-0.05, 0) is 25.0 Å². The Hall–Kier alpha value is -3.17. The number of hydrogen-bond acceptors (Lipinski definition) is 6. The third-order valence-corrected chi connectivity index (χ3v) is 4.52. The van der Waals surface area contributed by atoms with Crippen molar-refractivity contribution in [1.29, 1.82) is 0 Å². The number of carbonyl (C=O) groups excluding carboxylic acids is 3. The molecule has 138 valence electrons. The molecule has 1 saturated heterocycles. The van der Waals surface area contributed by atoms with Gasteiger partial charge in [-0.3, -0.25) is 25.1 Å². The highest BCUT2D eigenvalue weighted by Crippen LogP contribution is 2.32. The lowest BCUT2D eigenvalue weighted by molar-refractivity contribution is -0.384. The first kappa shape index (κ1) is 17.6. The summed E-state index contributed by atoms with van der Waals surface area (Å²) >= 11 is 0. The van der Waals surface area contributed by atoms with Gasteiger partial charge in [0.05, 0.1) is 4.92 Å². The number of non-ortho nitro benzene ring substituents is 1. The van der Waals surface area contributed by atoms with Crippen LogP contribution >= 0.6 is 0 Å². The number of ether oxygens (including phenoxy) is 1. The van der Waals surface area contributed by atoms with Crippen molar-refractivity contribution in [3.63, 3.8) is 0 Å². The van der Waals surface area contributed by atoms with Crippen molar-refractivity contribution < 1.29 is 24.0 Å². The predicted octanol–water partition coefficient (Wildman–Crippen LogP) is 1.26. The lowest BCUT2D eigenvalue weighted by Gasteiger charge is -2.30. The number of hydrazine groups is 1. The summed E-state index contributed by atoms with van der Waals surface area (Å²) in [4.78, 5) is 46.6. The quantitative estimate of drug-likeness (QED) is 0.460. The van der Waals surface area contributed by atoms with Gasteiger partial charge in [0, 0.05) is 12.1 Å². The van der Waals surface area contributed by atoms with Crippen molar-refractivity contribution in [2.75, 3.05) is 6.61 Å². The Labute approximate surface area is 148 Å². The number of urea groups is 1. The number of nitrogens with one attached hydrogen (secondary N) is 2. The van der Waals surface area contributed by atoms with Gasteiger partial charge >= 0.3 is 6.03 Å². The summed E-state index contributed by atoms with van der Waals surface area (Å²) in [5, 5.41) is 14.0. The molecule has 1 heterocycles. The number of hydrogen-bond donors (Lipinski definition) is 2. The largest absolute Gasteiger partial charge is 0.484 e. The van der Waals surface area contributed by atoms with Gasteiger partial charge in [-0.25, -0.2) is 4.79 Å². The van der Waals surface area contributed by atoms with Crippen LogP contribution in [0, 0.1) is 10.1 Å². The van der Waals surface area contributed by atoms with Crippen LogP contribution in [0.4, 0.5) is 10.5 Å². The summed E-state index contributed by atoms with van der Waals surface area (Å²) in [5.41, 5.74) is 1.24. The number of carbonyl (C=O) groups is 3. The van der Waals surface area contributed by atoms with Crippen molar-refractivity contribution >= 4 is 23.5 Å². The summed E-state index contributed by atoms with van der Waals surface area (Å²) in [7, 11) is 0. The molecule has 2 aliphatic rings. The fraction of sp³-hybridized carbons (Fsp3) is 0.438. The third-order valence-electron chi connectivity index (χ3n) is 4.52. The molecule has 1 aromatic carbocycles. The monoisotopic (exact) mass is 362 g/mol. The first-order chi connectivity index (χ1) is 12.4. The van der Waals surface area contributed by atoms with Gasteiger partial charge in [-0.1, -0.05) is 19.3 Å². The van der Waals surface area contributed by atoms with Crippen molar-refractivity contribution in [2.45, 2.75) is 37.6 Å². The number of imide groups is 1. The number of rotatable bonds is 5. The smallest absolute Gasteiger partial charge is 0.344 e. The van der Waals surface area contributed by atoms with Crippen LogP contribution in [0.3, 0.4) is 0 Å². The third kappa shape index (κ3) is 3.44. The van der Waals surface area contributed by atoms with Crippen molar-refractivity contribution in [2.24, 2.45) is 0 Å².